The van der Waals surface area contributed by atoms with Crippen molar-refractivity contribution in [2.45, 2.75) is 20.2 Å². The van der Waals surface area contributed by atoms with E-state index in [1.807, 2.05) is 60.7 Å². The largest absolute Gasteiger partial charge is 0.468 e. The molecule has 0 N–H and O–H groups in total. The maximum Gasteiger partial charge on any atom is 0.327 e. The first-order chi connectivity index (χ1) is 15.6. The number of aromatic nitrogens is 6. The van der Waals surface area contributed by atoms with Crippen LogP contribution in [-0.4, -0.2) is 49.0 Å². The van der Waals surface area contributed by atoms with E-state index in [4.69, 9.17) is 9.47 Å². The molecule has 0 aliphatic carbocycles. The van der Waals surface area contributed by atoms with E-state index in [0.717, 1.165) is 11.1 Å². The minimum Gasteiger partial charge on any atom is -0.468 e. The molecule has 2 aromatic heterocycles. The molecule has 0 radical (unpaired) electrons. The Balaban J connectivity index is 1.90. The number of rotatable bonds is 7. The van der Waals surface area contributed by atoms with Gasteiger partial charge >= 0.3 is 11.9 Å². The lowest BCUT2D eigenvalue weighted by Gasteiger charge is -2.09. The van der Waals surface area contributed by atoms with Gasteiger partial charge in [-0.15, -0.1) is 10.2 Å². The van der Waals surface area contributed by atoms with E-state index in [2.05, 4.69) is 20.6 Å². The molecule has 2 heterocycles. The molecule has 0 atom stereocenters. The highest BCUT2D eigenvalue weighted by molar-refractivity contribution is 5.85. The van der Waals surface area contributed by atoms with Crippen molar-refractivity contribution in [3.8, 4) is 33.9 Å². The molecule has 4 aromatic rings. The molecule has 10 heteroatoms. The van der Waals surface area contributed by atoms with Crippen LogP contribution >= 0.6 is 0 Å². The van der Waals surface area contributed by atoms with Gasteiger partial charge in [0.1, 0.15) is 23.6 Å². The number of methoxy groups -OCH3 is 1. The van der Waals surface area contributed by atoms with Gasteiger partial charge in [-0.05, 0) is 0 Å². The van der Waals surface area contributed by atoms with E-state index >= 15 is 0 Å². The van der Waals surface area contributed by atoms with E-state index in [1.54, 1.807) is 0 Å². The summed E-state index contributed by atoms with van der Waals surface area (Å²) in [4.78, 5) is 23.3. The Morgan fingerprint density at radius 3 is 1.81 bits per heavy atom. The smallest absolute Gasteiger partial charge is 0.327 e. The minimum absolute atomic E-state index is 0.108. The van der Waals surface area contributed by atoms with Crippen LogP contribution in [0.4, 0.5) is 0 Å². The zero-order chi connectivity index (χ0) is 22.5. The molecular weight excluding hydrogens is 412 g/mol. The summed E-state index contributed by atoms with van der Waals surface area (Å²) in [5, 5.41) is 17.0. The molecule has 10 nitrogen and oxygen atoms in total. The fourth-order valence-corrected chi connectivity index (χ4v) is 3.25. The molecular formula is C22H20N6O4. The van der Waals surface area contributed by atoms with Crippen LogP contribution in [0.15, 0.2) is 60.7 Å². The molecule has 0 aliphatic rings. The lowest BCUT2D eigenvalue weighted by molar-refractivity contribution is -0.145. The second-order valence-corrected chi connectivity index (χ2v) is 6.80. The Kier molecular flexibility index (Phi) is 6.02. The fourth-order valence-electron chi connectivity index (χ4n) is 3.25. The summed E-state index contributed by atoms with van der Waals surface area (Å²) >= 11 is 0. The number of ether oxygens (including phenoxy) is 2. The summed E-state index contributed by atoms with van der Waals surface area (Å²) in [5.74, 6) is -0.893. The van der Waals surface area contributed by atoms with Crippen molar-refractivity contribution < 1.29 is 19.1 Å². The van der Waals surface area contributed by atoms with Crippen molar-refractivity contribution in [1.29, 1.82) is 0 Å². The molecule has 2 aromatic carbocycles. The van der Waals surface area contributed by atoms with Gasteiger partial charge in [-0.2, -0.15) is 0 Å². The van der Waals surface area contributed by atoms with Crippen LogP contribution in [0.3, 0.4) is 0 Å². The molecule has 0 fully saturated rings. The summed E-state index contributed by atoms with van der Waals surface area (Å²) in [6, 6.07) is 18.9. The second kappa shape index (κ2) is 9.21. The molecule has 0 saturated heterocycles. The number of esters is 2. The first-order valence-corrected chi connectivity index (χ1v) is 9.77. The van der Waals surface area contributed by atoms with Crippen molar-refractivity contribution in [3.05, 3.63) is 60.7 Å². The Hall–Kier alpha value is -4.34. The van der Waals surface area contributed by atoms with Crippen LogP contribution in [0.1, 0.15) is 6.92 Å². The number of nitrogens with zero attached hydrogens (tertiary/aromatic N) is 6. The Morgan fingerprint density at radius 1 is 0.812 bits per heavy atom. The highest BCUT2D eigenvalue weighted by atomic mass is 16.5. The van der Waals surface area contributed by atoms with Crippen LogP contribution < -0.4 is 0 Å². The van der Waals surface area contributed by atoms with Crippen LogP contribution in [0.5, 0.6) is 0 Å². The van der Waals surface area contributed by atoms with Crippen molar-refractivity contribution in [2.24, 2.45) is 0 Å². The number of hydrogen-bond acceptors (Lipinski definition) is 8. The van der Waals surface area contributed by atoms with Crippen molar-refractivity contribution in [3.63, 3.8) is 0 Å². The normalized spacial score (nSPS) is 10.7. The van der Waals surface area contributed by atoms with Crippen molar-refractivity contribution in [2.75, 3.05) is 7.11 Å². The highest BCUT2D eigenvalue weighted by Crippen LogP contribution is 2.35. The van der Waals surface area contributed by atoms with Gasteiger partial charge < -0.3 is 9.47 Å². The maximum absolute atomic E-state index is 12.0. The number of carbonyl (C=O) groups excluding carboxylic acids is 2. The average Bonchev–Trinajstić information content (AvgIpc) is 3.42. The van der Waals surface area contributed by atoms with E-state index in [9.17, 15) is 9.59 Å². The molecule has 0 bridgehead atoms. The Bertz CT molecular complexity index is 1230. The lowest BCUT2D eigenvalue weighted by atomic mass is 10.0. The first kappa shape index (κ1) is 20.9. The second-order valence-electron chi connectivity index (χ2n) is 6.80. The van der Waals surface area contributed by atoms with Gasteiger partial charge in [0.2, 0.25) is 0 Å². The summed E-state index contributed by atoms with van der Waals surface area (Å²) in [5.41, 5.74) is 3.68. The monoisotopic (exact) mass is 432 g/mol. The van der Waals surface area contributed by atoms with Gasteiger partial charge in [-0.1, -0.05) is 71.1 Å². The van der Waals surface area contributed by atoms with Crippen LogP contribution in [0.25, 0.3) is 33.9 Å². The molecule has 0 unspecified atom stereocenters. The van der Waals surface area contributed by atoms with Gasteiger partial charge in [-0.3, -0.25) is 9.59 Å². The van der Waals surface area contributed by atoms with E-state index in [0.29, 0.717) is 22.8 Å². The predicted molar refractivity (Wildman–Crippen MR) is 114 cm³/mol. The van der Waals surface area contributed by atoms with E-state index in [1.165, 1.54) is 23.4 Å². The SMILES string of the molecule is COC(=O)Cn1nnc(-c2nnn(COC(C)=O)c2-c2ccccc2)c1-c1ccccc1. The fraction of sp³-hybridized carbons (Fsp3) is 0.182. The average molecular weight is 432 g/mol. The topological polar surface area (TPSA) is 114 Å². The van der Waals surface area contributed by atoms with Gasteiger partial charge in [0.25, 0.3) is 0 Å². The maximum atomic E-state index is 12.0. The quantitative estimate of drug-likeness (QED) is 0.409. The standard InChI is InChI=1S/C22H20N6O4/c1-15(29)32-14-28-22(17-11-7-4-8-12-17)20(24-26-28)19-21(16-9-5-3-6-10-16)27(25-23-19)13-18(30)31-2/h3-12H,13-14H2,1-2H3. The molecule has 0 aliphatic heterocycles. The highest BCUT2D eigenvalue weighted by Gasteiger charge is 2.26. The third kappa shape index (κ3) is 4.24. The predicted octanol–water partition coefficient (Wildman–Crippen LogP) is 2.56. The molecule has 4 rings (SSSR count). The zero-order valence-corrected chi connectivity index (χ0v) is 17.5. The zero-order valence-electron chi connectivity index (χ0n) is 17.5. The van der Waals surface area contributed by atoms with Gasteiger partial charge in [0, 0.05) is 18.1 Å². The summed E-state index contributed by atoms with van der Waals surface area (Å²) in [6.07, 6.45) is 0. The molecule has 32 heavy (non-hydrogen) atoms. The molecule has 0 spiro atoms. The lowest BCUT2D eigenvalue weighted by Crippen LogP contribution is -2.14. The Morgan fingerprint density at radius 2 is 1.31 bits per heavy atom. The summed E-state index contributed by atoms with van der Waals surface area (Å²) < 4.78 is 12.9. The number of benzene rings is 2. The number of hydrogen-bond donors (Lipinski definition) is 0. The van der Waals surface area contributed by atoms with E-state index in [-0.39, 0.29) is 13.3 Å². The van der Waals surface area contributed by atoms with Crippen molar-refractivity contribution >= 4 is 11.9 Å². The molecule has 162 valence electrons. The van der Waals surface area contributed by atoms with Crippen LogP contribution in [-0.2, 0) is 32.3 Å². The number of carbonyl (C=O) groups is 2. The van der Waals surface area contributed by atoms with Crippen molar-refractivity contribution in [1.82, 2.24) is 30.0 Å². The first-order valence-electron chi connectivity index (χ1n) is 9.77. The third-order valence-corrected chi connectivity index (χ3v) is 4.69. The van der Waals surface area contributed by atoms with Gasteiger partial charge in [0.15, 0.2) is 6.73 Å². The summed E-state index contributed by atoms with van der Waals surface area (Å²) in [7, 11) is 1.32. The minimum atomic E-state index is -0.458. The van der Waals surface area contributed by atoms with E-state index < -0.39 is 11.9 Å². The van der Waals surface area contributed by atoms with Crippen LogP contribution in [0.2, 0.25) is 0 Å². The third-order valence-electron chi connectivity index (χ3n) is 4.69. The van der Waals surface area contributed by atoms with Crippen LogP contribution in [0, 0.1) is 0 Å². The molecule has 0 saturated carbocycles. The molecule has 0 amide bonds. The van der Waals surface area contributed by atoms with Gasteiger partial charge in [0.05, 0.1) is 12.8 Å². The summed E-state index contributed by atoms with van der Waals surface area (Å²) in [6.45, 7) is 1.10. The Labute approximate surface area is 183 Å². The van der Waals surface area contributed by atoms with Gasteiger partial charge in [-0.25, -0.2) is 9.36 Å².